The topological polar surface area (TPSA) is 76.1 Å². The molecule has 1 amide bonds. The van der Waals surface area contributed by atoms with Crippen LogP contribution in [0, 0.1) is 0 Å². The first-order chi connectivity index (χ1) is 16.0. The van der Waals surface area contributed by atoms with E-state index in [0.717, 1.165) is 5.56 Å². The number of ketones is 1. The molecule has 0 aliphatic carbocycles. The summed E-state index contributed by atoms with van der Waals surface area (Å²) in [5.74, 6) is -0.256. The van der Waals surface area contributed by atoms with Crippen molar-refractivity contribution in [1.82, 2.24) is 4.90 Å². The number of aliphatic hydroxyl groups is 1. The Bertz CT molecular complexity index is 1170. The molecule has 4 rings (SSSR count). The molecule has 0 aromatic heterocycles. The van der Waals surface area contributed by atoms with Crippen molar-refractivity contribution in [3.05, 3.63) is 101 Å². The van der Waals surface area contributed by atoms with Gasteiger partial charge in [-0.2, -0.15) is 0 Å². The summed E-state index contributed by atoms with van der Waals surface area (Å²) < 4.78 is 10.7. The molecule has 1 heterocycles. The second-order valence-corrected chi connectivity index (χ2v) is 7.64. The average Bonchev–Trinajstić information content (AvgIpc) is 3.10. The number of carbonyl (C=O) groups excluding carboxylic acids is 2. The third-order valence-corrected chi connectivity index (χ3v) is 5.61. The summed E-state index contributed by atoms with van der Waals surface area (Å²) in [6.45, 7) is 2.65. The average molecular weight is 443 g/mol. The molecule has 6 heteroatoms. The Labute approximate surface area is 192 Å². The first-order valence-corrected chi connectivity index (χ1v) is 10.7. The van der Waals surface area contributed by atoms with Gasteiger partial charge in [-0.25, -0.2) is 0 Å². The minimum absolute atomic E-state index is 0.0604. The number of hydrogen-bond donors (Lipinski definition) is 1. The standard InChI is InChI=1S/C27H25NO5/c1-3-33-22-15-11-20(12-16-22)25(29)23-24(19-9-13-21(32-2)14-10-19)28(27(31)26(23)30)17-18-7-5-4-6-8-18/h4-16,24,29H,3,17H2,1-2H3/b25-23+. The zero-order valence-corrected chi connectivity index (χ0v) is 18.5. The van der Waals surface area contributed by atoms with Crippen molar-refractivity contribution in [1.29, 1.82) is 0 Å². The molecular formula is C27H25NO5. The van der Waals surface area contributed by atoms with Gasteiger partial charge in [-0.3, -0.25) is 9.59 Å². The zero-order valence-electron chi connectivity index (χ0n) is 18.5. The van der Waals surface area contributed by atoms with Gasteiger partial charge in [0.15, 0.2) is 0 Å². The molecule has 1 N–H and O–H groups in total. The molecule has 0 bridgehead atoms. The van der Waals surface area contributed by atoms with Gasteiger partial charge >= 0.3 is 0 Å². The first-order valence-electron chi connectivity index (χ1n) is 10.7. The molecule has 33 heavy (non-hydrogen) atoms. The molecule has 1 saturated heterocycles. The number of nitrogens with zero attached hydrogens (tertiary/aromatic N) is 1. The van der Waals surface area contributed by atoms with Crippen LogP contribution in [-0.4, -0.2) is 35.4 Å². The highest BCUT2D eigenvalue weighted by Crippen LogP contribution is 2.40. The van der Waals surface area contributed by atoms with E-state index in [4.69, 9.17) is 9.47 Å². The molecule has 1 unspecified atom stereocenters. The Kier molecular flexibility index (Phi) is 6.45. The predicted octanol–water partition coefficient (Wildman–Crippen LogP) is 4.72. The predicted molar refractivity (Wildman–Crippen MR) is 125 cm³/mol. The lowest BCUT2D eigenvalue weighted by atomic mass is 9.95. The van der Waals surface area contributed by atoms with Crippen LogP contribution < -0.4 is 9.47 Å². The highest BCUT2D eigenvalue weighted by Gasteiger charge is 2.46. The quantitative estimate of drug-likeness (QED) is 0.325. The molecule has 0 spiro atoms. The number of amides is 1. The van der Waals surface area contributed by atoms with Gasteiger partial charge in [0.1, 0.15) is 17.3 Å². The lowest BCUT2D eigenvalue weighted by molar-refractivity contribution is -0.140. The molecule has 1 fully saturated rings. The van der Waals surface area contributed by atoms with E-state index in [9.17, 15) is 14.7 Å². The summed E-state index contributed by atoms with van der Waals surface area (Å²) in [6, 6.07) is 22.7. The third-order valence-electron chi connectivity index (χ3n) is 5.61. The zero-order chi connectivity index (χ0) is 23.4. The number of hydrogen-bond acceptors (Lipinski definition) is 5. The van der Waals surface area contributed by atoms with Crippen molar-refractivity contribution in [2.75, 3.05) is 13.7 Å². The lowest BCUT2D eigenvalue weighted by Crippen LogP contribution is -2.29. The number of aliphatic hydroxyl groups excluding tert-OH is 1. The van der Waals surface area contributed by atoms with Crippen LogP contribution in [-0.2, 0) is 16.1 Å². The van der Waals surface area contributed by atoms with Crippen LogP contribution in [0.25, 0.3) is 5.76 Å². The third kappa shape index (κ3) is 4.46. The van der Waals surface area contributed by atoms with Gasteiger partial charge in [-0.05, 0) is 54.4 Å². The Morgan fingerprint density at radius 3 is 2.15 bits per heavy atom. The molecule has 6 nitrogen and oxygen atoms in total. The molecule has 168 valence electrons. The monoisotopic (exact) mass is 443 g/mol. The van der Waals surface area contributed by atoms with Crippen molar-refractivity contribution in [3.8, 4) is 11.5 Å². The minimum atomic E-state index is -0.734. The molecule has 1 aliphatic rings. The number of rotatable bonds is 7. The Morgan fingerprint density at radius 1 is 0.909 bits per heavy atom. The largest absolute Gasteiger partial charge is 0.507 e. The van der Waals surface area contributed by atoms with Crippen LogP contribution in [0.2, 0.25) is 0 Å². The van der Waals surface area contributed by atoms with E-state index in [2.05, 4.69) is 0 Å². The SMILES string of the molecule is CCOc1ccc(/C(O)=C2\C(=O)C(=O)N(Cc3ccccc3)C2c2ccc(OC)cc2)cc1. The Hall–Kier alpha value is -4.06. The minimum Gasteiger partial charge on any atom is -0.507 e. The fraction of sp³-hybridized carbons (Fsp3) is 0.185. The normalized spacial score (nSPS) is 17.3. The van der Waals surface area contributed by atoms with Crippen molar-refractivity contribution in [3.63, 3.8) is 0 Å². The number of ether oxygens (including phenoxy) is 2. The van der Waals surface area contributed by atoms with Crippen molar-refractivity contribution >= 4 is 17.4 Å². The molecule has 3 aromatic carbocycles. The number of carbonyl (C=O) groups is 2. The smallest absolute Gasteiger partial charge is 0.295 e. The summed E-state index contributed by atoms with van der Waals surface area (Å²) in [4.78, 5) is 27.7. The summed E-state index contributed by atoms with van der Waals surface area (Å²) >= 11 is 0. The highest BCUT2D eigenvalue weighted by molar-refractivity contribution is 6.46. The van der Waals surface area contributed by atoms with Gasteiger partial charge in [-0.15, -0.1) is 0 Å². The van der Waals surface area contributed by atoms with Gasteiger partial charge in [-0.1, -0.05) is 42.5 Å². The van der Waals surface area contributed by atoms with Gasteiger partial charge in [0.2, 0.25) is 0 Å². The number of benzene rings is 3. The van der Waals surface area contributed by atoms with E-state index in [1.54, 1.807) is 55.6 Å². The van der Waals surface area contributed by atoms with E-state index in [0.29, 0.717) is 29.2 Å². The van der Waals surface area contributed by atoms with E-state index in [1.165, 1.54) is 4.90 Å². The maximum absolute atomic E-state index is 13.1. The van der Waals surface area contributed by atoms with Gasteiger partial charge in [0.05, 0.1) is 25.3 Å². The molecule has 3 aromatic rings. The van der Waals surface area contributed by atoms with Crippen molar-refractivity contribution < 1.29 is 24.2 Å². The van der Waals surface area contributed by atoms with Gasteiger partial charge < -0.3 is 19.5 Å². The van der Waals surface area contributed by atoms with Gasteiger partial charge in [0, 0.05) is 12.1 Å². The summed E-state index contributed by atoms with van der Waals surface area (Å²) in [7, 11) is 1.57. The maximum atomic E-state index is 13.1. The van der Waals surface area contributed by atoms with E-state index in [-0.39, 0.29) is 17.9 Å². The number of likely N-dealkylation sites (tertiary alicyclic amines) is 1. The van der Waals surface area contributed by atoms with Crippen LogP contribution in [0.1, 0.15) is 29.7 Å². The van der Waals surface area contributed by atoms with E-state index >= 15 is 0 Å². The number of methoxy groups -OCH3 is 1. The molecular weight excluding hydrogens is 418 g/mol. The fourth-order valence-electron chi connectivity index (χ4n) is 3.99. The van der Waals surface area contributed by atoms with Crippen molar-refractivity contribution in [2.45, 2.75) is 19.5 Å². The maximum Gasteiger partial charge on any atom is 0.295 e. The van der Waals surface area contributed by atoms with Crippen LogP contribution in [0.5, 0.6) is 11.5 Å². The van der Waals surface area contributed by atoms with Crippen LogP contribution >= 0.6 is 0 Å². The highest BCUT2D eigenvalue weighted by atomic mass is 16.5. The summed E-state index contributed by atoms with van der Waals surface area (Å²) in [5.41, 5.74) is 2.09. The molecule has 1 atom stereocenters. The fourth-order valence-corrected chi connectivity index (χ4v) is 3.99. The second-order valence-electron chi connectivity index (χ2n) is 7.64. The van der Waals surface area contributed by atoms with E-state index < -0.39 is 17.7 Å². The van der Waals surface area contributed by atoms with Crippen LogP contribution in [0.4, 0.5) is 0 Å². The first kappa shape index (κ1) is 22.1. The van der Waals surface area contributed by atoms with Crippen LogP contribution in [0.3, 0.4) is 0 Å². The Balaban J connectivity index is 1.81. The number of Topliss-reactive ketones (excluding diaryl/α,β-unsaturated/α-hetero) is 1. The molecule has 0 radical (unpaired) electrons. The molecule has 1 aliphatic heterocycles. The molecule has 0 saturated carbocycles. The van der Waals surface area contributed by atoms with Gasteiger partial charge in [0.25, 0.3) is 11.7 Å². The second kappa shape index (κ2) is 9.61. The Morgan fingerprint density at radius 2 is 1.55 bits per heavy atom. The van der Waals surface area contributed by atoms with E-state index in [1.807, 2.05) is 37.3 Å². The van der Waals surface area contributed by atoms with Crippen LogP contribution in [0.15, 0.2) is 84.4 Å². The lowest BCUT2D eigenvalue weighted by Gasteiger charge is -2.25. The summed E-state index contributed by atoms with van der Waals surface area (Å²) in [6.07, 6.45) is 0. The van der Waals surface area contributed by atoms with Crippen molar-refractivity contribution in [2.24, 2.45) is 0 Å². The summed E-state index contributed by atoms with van der Waals surface area (Å²) in [5, 5.41) is 11.2.